The fourth-order valence-electron chi connectivity index (χ4n) is 1.79. The number of hydrogen-bond donors (Lipinski definition) is 1. The van der Waals surface area contributed by atoms with E-state index in [1.807, 2.05) is 13.8 Å². The lowest BCUT2D eigenvalue weighted by atomic mass is 10.1. The number of nitrogens with zero attached hydrogens (tertiary/aromatic N) is 1. The Hall–Kier alpha value is -1.35. The topological polar surface area (TPSA) is 34.1 Å². The number of hydrogen-bond acceptors (Lipinski definition) is 3. The highest BCUT2D eigenvalue weighted by atomic mass is 16.5. The summed E-state index contributed by atoms with van der Waals surface area (Å²) in [7, 11) is 0. The summed E-state index contributed by atoms with van der Waals surface area (Å²) >= 11 is 0. The highest BCUT2D eigenvalue weighted by molar-refractivity contribution is 5.35. The van der Waals surface area contributed by atoms with Crippen molar-refractivity contribution in [1.82, 2.24) is 10.3 Å². The first kappa shape index (κ1) is 15.7. The molecule has 0 unspecified atom stereocenters. The van der Waals surface area contributed by atoms with E-state index in [0.717, 1.165) is 35.7 Å². The van der Waals surface area contributed by atoms with Gasteiger partial charge < -0.3 is 10.1 Å². The van der Waals surface area contributed by atoms with E-state index in [-0.39, 0.29) is 0 Å². The van der Waals surface area contributed by atoms with Crippen molar-refractivity contribution >= 4 is 0 Å². The summed E-state index contributed by atoms with van der Waals surface area (Å²) in [6, 6.07) is 2.55. The molecule has 1 aromatic rings. The zero-order valence-corrected chi connectivity index (χ0v) is 12.8. The highest BCUT2D eigenvalue weighted by Crippen LogP contribution is 2.21. The van der Waals surface area contributed by atoms with E-state index in [1.165, 1.54) is 5.56 Å². The lowest BCUT2D eigenvalue weighted by Gasteiger charge is -2.16. The summed E-state index contributed by atoms with van der Waals surface area (Å²) in [5.74, 6) is 0.756. The van der Waals surface area contributed by atoms with Gasteiger partial charge in [0.25, 0.3) is 0 Å². The van der Waals surface area contributed by atoms with Crippen molar-refractivity contribution in [3.8, 4) is 5.88 Å². The Kier molecular flexibility index (Phi) is 6.03. The Morgan fingerprint density at radius 2 is 2.11 bits per heavy atom. The maximum atomic E-state index is 5.83. The van der Waals surface area contributed by atoms with Gasteiger partial charge in [-0.25, -0.2) is 4.98 Å². The third-order valence-corrected chi connectivity index (χ3v) is 2.89. The largest absolute Gasteiger partial charge is 0.477 e. The van der Waals surface area contributed by atoms with Crippen molar-refractivity contribution in [1.29, 1.82) is 0 Å². The smallest absolute Gasteiger partial charge is 0.218 e. The normalized spacial score (nSPS) is 10.8. The Labute approximate surface area is 117 Å². The molecule has 0 radical (unpaired) electrons. The van der Waals surface area contributed by atoms with Crippen LogP contribution in [0.15, 0.2) is 18.2 Å². The molecule has 0 aliphatic heterocycles. The van der Waals surface area contributed by atoms with Crippen LogP contribution in [0.5, 0.6) is 5.88 Å². The molecule has 0 atom stereocenters. The van der Waals surface area contributed by atoms with Crippen LogP contribution in [0, 0.1) is 13.8 Å². The van der Waals surface area contributed by atoms with Gasteiger partial charge >= 0.3 is 0 Å². The van der Waals surface area contributed by atoms with Crippen LogP contribution >= 0.6 is 0 Å². The van der Waals surface area contributed by atoms with Gasteiger partial charge in [0.05, 0.1) is 6.61 Å². The van der Waals surface area contributed by atoms with Crippen molar-refractivity contribution < 1.29 is 4.74 Å². The SMILES string of the molecule is C=C(C)CCOc1nc(C)cc(C)c1CNC(C)C. The van der Waals surface area contributed by atoms with Crippen molar-refractivity contribution in [3.05, 3.63) is 35.0 Å². The molecule has 1 heterocycles. The number of ether oxygens (including phenoxy) is 1. The molecular formula is C16H26N2O. The quantitative estimate of drug-likeness (QED) is 0.763. The fourth-order valence-corrected chi connectivity index (χ4v) is 1.79. The van der Waals surface area contributed by atoms with E-state index in [1.54, 1.807) is 0 Å². The number of pyridine rings is 1. The summed E-state index contributed by atoms with van der Waals surface area (Å²) in [6.45, 7) is 15.7. The molecule has 3 heteroatoms. The predicted octanol–water partition coefficient (Wildman–Crippen LogP) is 3.54. The van der Waals surface area contributed by atoms with Crippen molar-refractivity contribution in [2.75, 3.05) is 6.61 Å². The minimum atomic E-state index is 0.448. The molecule has 0 aliphatic rings. The van der Waals surface area contributed by atoms with Crippen molar-refractivity contribution in [3.63, 3.8) is 0 Å². The molecule has 0 aromatic carbocycles. The average Bonchev–Trinajstić information content (AvgIpc) is 2.26. The second-order valence-corrected chi connectivity index (χ2v) is 5.46. The molecule has 19 heavy (non-hydrogen) atoms. The molecule has 106 valence electrons. The van der Waals surface area contributed by atoms with Gasteiger partial charge in [-0.05, 0) is 32.4 Å². The minimum Gasteiger partial charge on any atom is -0.477 e. The fraction of sp³-hybridized carbons (Fsp3) is 0.562. The van der Waals surface area contributed by atoms with Crippen molar-refractivity contribution in [2.45, 2.75) is 53.6 Å². The van der Waals surface area contributed by atoms with Crippen molar-refractivity contribution in [2.24, 2.45) is 0 Å². The van der Waals surface area contributed by atoms with Gasteiger partial charge in [0.2, 0.25) is 5.88 Å². The molecule has 1 aromatic heterocycles. The Morgan fingerprint density at radius 1 is 1.42 bits per heavy atom. The Balaban J connectivity index is 2.83. The molecule has 3 nitrogen and oxygen atoms in total. The van der Waals surface area contributed by atoms with E-state index in [2.05, 4.69) is 43.7 Å². The molecular weight excluding hydrogens is 236 g/mol. The third-order valence-electron chi connectivity index (χ3n) is 2.89. The molecule has 1 rings (SSSR count). The molecule has 0 saturated heterocycles. The summed E-state index contributed by atoms with van der Waals surface area (Å²) in [5.41, 5.74) is 4.51. The molecule has 1 N–H and O–H groups in total. The standard InChI is InChI=1S/C16H26N2O/c1-11(2)7-8-19-16-15(10-17-12(3)4)13(5)9-14(6)18-16/h9,12,17H,1,7-8,10H2,2-6H3. The molecule has 0 spiro atoms. The van der Waals surface area contributed by atoms with E-state index in [0.29, 0.717) is 12.6 Å². The van der Waals surface area contributed by atoms with Crippen LogP contribution in [0.1, 0.15) is 44.0 Å². The van der Waals surface area contributed by atoms with Crippen LogP contribution in [-0.4, -0.2) is 17.6 Å². The van der Waals surface area contributed by atoms with Crippen LogP contribution in [0.25, 0.3) is 0 Å². The second-order valence-electron chi connectivity index (χ2n) is 5.46. The van der Waals surface area contributed by atoms with Gasteiger partial charge in [-0.1, -0.05) is 19.4 Å². The van der Waals surface area contributed by atoms with E-state index in [4.69, 9.17) is 4.74 Å². The Bertz CT molecular complexity index is 439. The predicted molar refractivity (Wildman–Crippen MR) is 80.6 cm³/mol. The first-order chi connectivity index (χ1) is 8.90. The van der Waals surface area contributed by atoms with Crippen LogP contribution in [0.2, 0.25) is 0 Å². The summed E-state index contributed by atoms with van der Waals surface area (Å²) in [6.07, 6.45) is 0.867. The van der Waals surface area contributed by atoms with Crippen LogP contribution < -0.4 is 10.1 Å². The lowest BCUT2D eigenvalue weighted by Crippen LogP contribution is -2.23. The number of rotatable bonds is 7. The minimum absolute atomic E-state index is 0.448. The number of aryl methyl sites for hydroxylation is 2. The summed E-state index contributed by atoms with van der Waals surface area (Å²) in [5, 5.41) is 3.42. The van der Waals surface area contributed by atoms with Gasteiger partial charge in [-0.3, -0.25) is 0 Å². The van der Waals surface area contributed by atoms with Crippen LogP contribution in [-0.2, 0) is 6.54 Å². The van der Waals surface area contributed by atoms with Crippen LogP contribution in [0.4, 0.5) is 0 Å². The maximum Gasteiger partial charge on any atom is 0.218 e. The summed E-state index contributed by atoms with van der Waals surface area (Å²) in [4.78, 5) is 4.52. The summed E-state index contributed by atoms with van der Waals surface area (Å²) < 4.78 is 5.83. The molecule has 0 aliphatic carbocycles. The maximum absolute atomic E-state index is 5.83. The van der Waals surface area contributed by atoms with Gasteiger partial charge in [0.15, 0.2) is 0 Å². The molecule has 0 amide bonds. The second kappa shape index (κ2) is 7.29. The van der Waals surface area contributed by atoms with Crippen LogP contribution in [0.3, 0.4) is 0 Å². The van der Waals surface area contributed by atoms with Gasteiger partial charge in [-0.2, -0.15) is 0 Å². The van der Waals surface area contributed by atoms with E-state index >= 15 is 0 Å². The first-order valence-electron chi connectivity index (χ1n) is 6.87. The van der Waals surface area contributed by atoms with Gasteiger partial charge in [0.1, 0.15) is 0 Å². The average molecular weight is 262 g/mol. The molecule has 0 bridgehead atoms. The lowest BCUT2D eigenvalue weighted by molar-refractivity contribution is 0.303. The third kappa shape index (κ3) is 5.43. The van der Waals surface area contributed by atoms with E-state index in [9.17, 15) is 0 Å². The van der Waals surface area contributed by atoms with Gasteiger partial charge in [0, 0.05) is 30.3 Å². The number of aromatic nitrogens is 1. The zero-order valence-electron chi connectivity index (χ0n) is 12.8. The van der Waals surface area contributed by atoms with E-state index < -0.39 is 0 Å². The zero-order chi connectivity index (χ0) is 14.4. The highest BCUT2D eigenvalue weighted by Gasteiger charge is 2.10. The Morgan fingerprint density at radius 3 is 2.68 bits per heavy atom. The number of nitrogens with one attached hydrogen (secondary N) is 1. The molecule has 0 fully saturated rings. The monoisotopic (exact) mass is 262 g/mol. The first-order valence-corrected chi connectivity index (χ1v) is 6.87. The molecule has 0 saturated carbocycles. The van der Waals surface area contributed by atoms with Gasteiger partial charge in [-0.15, -0.1) is 6.58 Å².